The number of carbonyl (C=O) groups is 2. The molecular weight excluding hydrogens is 646 g/mol. The summed E-state index contributed by atoms with van der Waals surface area (Å²) in [4.78, 5) is 35.9. The summed E-state index contributed by atoms with van der Waals surface area (Å²) in [5.74, 6) is 0. The van der Waals surface area contributed by atoms with Gasteiger partial charge in [-0.1, -0.05) is 36.9 Å². The van der Waals surface area contributed by atoms with Crippen LogP contribution in [0.5, 0.6) is 0 Å². The summed E-state index contributed by atoms with van der Waals surface area (Å²) in [5, 5.41) is 15.7. The summed E-state index contributed by atoms with van der Waals surface area (Å²) < 4.78 is 2.76. The fraction of sp³-hybridized carbons (Fsp3) is 0.500. The molecule has 3 aromatic rings. The van der Waals surface area contributed by atoms with Crippen LogP contribution in [0.4, 0.5) is 4.79 Å². The molecule has 2 fully saturated rings. The van der Waals surface area contributed by atoms with E-state index >= 15 is 0 Å². The van der Waals surface area contributed by atoms with Crippen molar-refractivity contribution in [3.8, 4) is 0 Å². The van der Waals surface area contributed by atoms with Gasteiger partial charge < -0.3 is 25.2 Å². The Hall–Kier alpha value is -2.99. The molecule has 0 radical (unpaired) electrons. The van der Waals surface area contributed by atoms with Crippen molar-refractivity contribution in [3.05, 3.63) is 81.1 Å². The smallest absolute Gasteiger partial charge is 0.317 e. The second-order valence-electron chi connectivity index (χ2n) is 11.7. The topological polar surface area (TPSA) is 116 Å². The van der Waals surface area contributed by atoms with Crippen molar-refractivity contribution in [1.82, 2.24) is 35.0 Å². The van der Waals surface area contributed by atoms with Crippen molar-refractivity contribution in [3.63, 3.8) is 0 Å². The van der Waals surface area contributed by atoms with Crippen LogP contribution in [0.25, 0.3) is 0 Å². The van der Waals surface area contributed by atoms with Crippen LogP contribution in [0, 0.1) is 0 Å². The highest BCUT2D eigenvalue weighted by atomic mass is 79.9. The third kappa shape index (κ3) is 8.59. The molecule has 3 N–H and O–H groups in total. The molecule has 44 heavy (non-hydrogen) atoms. The number of aromatic nitrogens is 3. The van der Waals surface area contributed by atoms with E-state index in [2.05, 4.69) is 54.6 Å². The Kier molecular flexibility index (Phi) is 11.7. The molecule has 10 nitrogen and oxygen atoms in total. The van der Waals surface area contributed by atoms with Crippen LogP contribution in [0.15, 0.2) is 53.7 Å². The molecule has 0 bridgehead atoms. The van der Waals surface area contributed by atoms with E-state index < -0.39 is 6.10 Å². The number of aliphatic hydroxyl groups excluding tert-OH is 1. The number of hydrogen-bond acceptors (Lipinski definition) is 6. The maximum atomic E-state index is 12.8. The molecule has 1 saturated heterocycles. The van der Waals surface area contributed by atoms with Gasteiger partial charge in [0.25, 0.3) is 0 Å². The zero-order chi connectivity index (χ0) is 30.9. The zero-order valence-corrected chi connectivity index (χ0v) is 27.2. The number of amides is 3. The van der Waals surface area contributed by atoms with E-state index in [0.29, 0.717) is 19.0 Å². The van der Waals surface area contributed by atoms with Crippen LogP contribution in [0.2, 0.25) is 5.02 Å². The number of hydrogen-bond donors (Lipinski definition) is 3. The number of pyridine rings is 1. The quantitative estimate of drug-likeness (QED) is 0.319. The predicted octanol–water partition coefficient (Wildman–Crippen LogP) is 4.34. The standard InChI is InChI=1S/C25H30BrClN4O.C7H11N3O2/c26-19-14-18-7-6-17-15-20(27)8-9-22(17)24(23(18)28-16-19)30-10-12-31(13-11-30)25(32)29-21-4-2-1-3-5-21;11-6-9-3-7(12)4-10-2-1-8-5-10/h8-9,14-16,21,24H,1-7,10-13H2,(H,29,32);1-2,5-7,12H,3-4H2,(H,9,11). The van der Waals surface area contributed by atoms with Crippen molar-refractivity contribution >= 4 is 40.0 Å². The van der Waals surface area contributed by atoms with Crippen LogP contribution in [0.3, 0.4) is 0 Å². The molecule has 6 rings (SSSR count). The number of nitrogens with zero attached hydrogens (tertiary/aromatic N) is 5. The number of imidazole rings is 1. The summed E-state index contributed by atoms with van der Waals surface area (Å²) in [6, 6.07) is 9.02. The molecule has 1 aliphatic heterocycles. The molecule has 3 amide bonds. The molecule has 2 unspecified atom stereocenters. The van der Waals surface area contributed by atoms with E-state index in [1.807, 2.05) is 17.2 Å². The van der Waals surface area contributed by atoms with E-state index in [0.717, 1.165) is 67.1 Å². The monoisotopic (exact) mass is 685 g/mol. The highest BCUT2D eigenvalue weighted by Gasteiger charge is 2.33. The average molecular weight is 687 g/mol. The Balaban J connectivity index is 0.000000270. The van der Waals surface area contributed by atoms with Crippen molar-refractivity contribution in [2.24, 2.45) is 0 Å². The van der Waals surface area contributed by atoms with Gasteiger partial charge >= 0.3 is 6.03 Å². The van der Waals surface area contributed by atoms with E-state index in [1.54, 1.807) is 23.3 Å². The summed E-state index contributed by atoms with van der Waals surface area (Å²) in [5.41, 5.74) is 5.01. The summed E-state index contributed by atoms with van der Waals surface area (Å²) in [6.45, 7) is 3.86. The maximum absolute atomic E-state index is 12.8. The van der Waals surface area contributed by atoms with Crippen LogP contribution in [-0.2, 0) is 24.2 Å². The van der Waals surface area contributed by atoms with Crippen LogP contribution < -0.4 is 10.6 Å². The summed E-state index contributed by atoms with van der Waals surface area (Å²) in [6.07, 6.45) is 14.8. The Morgan fingerprint density at radius 1 is 1.11 bits per heavy atom. The maximum Gasteiger partial charge on any atom is 0.317 e. The van der Waals surface area contributed by atoms with Gasteiger partial charge in [0.15, 0.2) is 0 Å². The van der Waals surface area contributed by atoms with Gasteiger partial charge in [0.2, 0.25) is 6.41 Å². The number of aliphatic hydroxyl groups is 1. The second kappa shape index (κ2) is 15.8. The molecule has 1 saturated carbocycles. The van der Waals surface area contributed by atoms with Gasteiger partial charge in [-0.3, -0.25) is 14.7 Å². The largest absolute Gasteiger partial charge is 0.389 e. The van der Waals surface area contributed by atoms with Gasteiger partial charge in [-0.05, 0) is 76.5 Å². The van der Waals surface area contributed by atoms with E-state index in [9.17, 15) is 14.7 Å². The number of halogens is 2. The molecule has 12 heteroatoms. The molecule has 2 aromatic heterocycles. The first-order chi connectivity index (χ1) is 21.4. The molecule has 3 heterocycles. The molecule has 1 aromatic carbocycles. The zero-order valence-electron chi connectivity index (χ0n) is 24.9. The van der Waals surface area contributed by atoms with E-state index in [-0.39, 0.29) is 18.6 Å². The van der Waals surface area contributed by atoms with Gasteiger partial charge in [-0.2, -0.15) is 0 Å². The number of fused-ring (bicyclic) bond motifs is 2. The van der Waals surface area contributed by atoms with Crippen molar-refractivity contribution in [2.75, 3.05) is 32.7 Å². The number of benzene rings is 1. The average Bonchev–Trinajstić information content (AvgIpc) is 3.49. The minimum atomic E-state index is -0.565. The minimum absolute atomic E-state index is 0.0939. The van der Waals surface area contributed by atoms with Crippen LogP contribution in [0.1, 0.15) is 60.5 Å². The number of urea groups is 1. The first-order valence-corrected chi connectivity index (χ1v) is 16.6. The summed E-state index contributed by atoms with van der Waals surface area (Å²) in [7, 11) is 0. The fourth-order valence-electron chi connectivity index (χ4n) is 6.36. The molecule has 0 spiro atoms. The highest BCUT2D eigenvalue weighted by molar-refractivity contribution is 9.10. The fourth-order valence-corrected chi connectivity index (χ4v) is 6.94. The number of rotatable bonds is 7. The molecular formula is C32H41BrClN7O3. The van der Waals surface area contributed by atoms with Crippen LogP contribution >= 0.6 is 27.5 Å². The van der Waals surface area contributed by atoms with Gasteiger partial charge in [0, 0.05) is 66.9 Å². The van der Waals surface area contributed by atoms with Crippen molar-refractivity contribution in [1.29, 1.82) is 0 Å². The molecule has 3 aliphatic rings. The Labute approximate surface area is 272 Å². The number of carbonyl (C=O) groups excluding carboxylic acids is 2. The van der Waals surface area contributed by atoms with Crippen molar-refractivity contribution < 1.29 is 14.7 Å². The second-order valence-corrected chi connectivity index (χ2v) is 13.0. The van der Waals surface area contributed by atoms with Gasteiger partial charge in [0.05, 0.1) is 30.7 Å². The normalized spacial score (nSPS) is 19.4. The van der Waals surface area contributed by atoms with Gasteiger partial charge in [0.1, 0.15) is 0 Å². The number of aryl methyl sites for hydroxylation is 2. The third-order valence-corrected chi connectivity index (χ3v) is 9.28. The van der Waals surface area contributed by atoms with E-state index in [1.165, 1.54) is 36.0 Å². The Morgan fingerprint density at radius 2 is 1.89 bits per heavy atom. The molecule has 236 valence electrons. The lowest BCUT2D eigenvalue weighted by Crippen LogP contribution is -2.54. The first-order valence-electron chi connectivity index (χ1n) is 15.4. The van der Waals surface area contributed by atoms with Crippen LogP contribution in [-0.4, -0.2) is 86.8 Å². The third-order valence-electron chi connectivity index (χ3n) is 8.61. The molecule has 2 atom stereocenters. The Bertz CT molecular complexity index is 1320. The SMILES string of the molecule is O=C(NC1CCCCC1)N1CCN(C2c3ccc(Cl)cc3CCc3cc(Br)cnc32)CC1.O=CNCC(O)Cn1ccnc1. The van der Waals surface area contributed by atoms with Gasteiger partial charge in [-0.25, -0.2) is 9.78 Å². The minimum Gasteiger partial charge on any atom is -0.389 e. The lowest BCUT2D eigenvalue weighted by atomic mass is 9.95. The lowest BCUT2D eigenvalue weighted by molar-refractivity contribution is -0.110. The number of nitrogens with one attached hydrogen (secondary N) is 2. The molecule has 2 aliphatic carbocycles. The predicted molar refractivity (Wildman–Crippen MR) is 173 cm³/mol. The Morgan fingerprint density at radius 3 is 2.61 bits per heavy atom. The first kappa shape index (κ1) is 32.4. The highest BCUT2D eigenvalue weighted by Crippen LogP contribution is 2.38. The lowest BCUT2D eigenvalue weighted by Gasteiger charge is -2.40. The van der Waals surface area contributed by atoms with E-state index in [4.69, 9.17) is 16.6 Å². The summed E-state index contributed by atoms with van der Waals surface area (Å²) >= 11 is 9.94. The van der Waals surface area contributed by atoms with Gasteiger partial charge in [-0.15, -0.1) is 0 Å². The van der Waals surface area contributed by atoms with Crippen molar-refractivity contribution in [2.45, 2.75) is 69.7 Å². The number of piperazine rings is 1.